The summed E-state index contributed by atoms with van der Waals surface area (Å²) in [6, 6.07) is 8.50. The molecule has 3 N–H and O–H groups in total. The number of hydrogen-bond donors (Lipinski definition) is 3. The second-order valence-corrected chi connectivity index (χ2v) is 12.5. The Morgan fingerprint density at radius 1 is 1.12 bits per heavy atom. The zero-order chi connectivity index (χ0) is 34.3. The maximum absolute atomic E-state index is 14.9. The third-order valence-corrected chi connectivity index (χ3v) is 9.72. The lowest BCUT2D eigenvalue weighted by Crippen LogP contribution is -2.60. The average molecular weight is 664 g/mol. The number of piperidine rings is 1. The highest BCUT2D eigenvalue weighted by molar-refractivity contribution is 5.96. The maximum atomic E-state index is 14.9. The second-order valence-electron chi connectivity index (χ2n) is 12.5. The number of amides is 1. The average Bonchev–Trinajstić information content (AvgIpc) is 3.52. The number of likely N-dealkylation sites (tertiary alicyclic amines) is 1. The van der Waals surface area contributed by atoms with Crippen LogP contribution in [-0.4, -0.2) is 84.2 Å². The van der Waals surface area contributed by atoms with E-state index in [1.165, 1.54) is 56.1 Å². The minimum Gasteiger partial charge on any atom is -0.554 e. The Labute approximate surface area is 278 Å². The molecule has 2 aliphatic heterocycles. The number of quaternary nitrogens is 1. The number of carbonyl (C=O) groups is 2. The fourth-order valence-electron chi connectivity index (χ4n) is 6.77. The van der Waals surface area contributed by atoms with Gasteiger partial charge < -0.3 is 35.1 Å². The monoisotopic (exact) mass is 663 g/mol. The minimum atomic E-state index is -1.05. The number of imidazole rings is 1. The van der Waals surface area contributed by atoms with Crippen LogP contribution in [0.25, 0.3) is 16.9 Å². The Morgan fingerprint density at radius 3 is 2.52 bits per heavy atom. The summed E-state index contributed by atoms with van der Waals surface area (Å²) in [4.78, 5) is 30.4. The molecule has 256 valence electrons. The number of carboxylic acid groups (broad SMARTS) is 1. The summed E-state index contributed by atoms with van der Waals surface area (Å²) in [6.45, 7) is 11.7. The number of aryl methyl sites for hydroxylation is 1. The van der Waals surface area contributed by atoms with Crippen LogP contribution in [0.4, 0.5) is 20.3 Å². The summed E-state index contributed by atoms with van der Waals surface area (Å²) in [5.74, 6) is -0.517. The number of anilines is 2. The summed E-state index contributed by atoms with van der Waals surface area (Å²) < 4.78 is 37.1. The molecular formula is C35H43F2N7O4. The van der Waals surface area contributed by atoms with Gasteiger partial charge in [0, 0.05) is 74.1 Å². The van der Waals surface area contributed by atoms with E-state index >= 15 is 0 Å². The molecule has 13 heteroatoms. The van der Waals surface area contributed by atoms with Crippen molar-refractivity contribution in [2.45, 2.75) is 33.1 Å². The number of halogens is 2. The van der Waals surface area contributed by atoms with Gasteiger partial charge in [-0.1, -0.05) is 6.92 Å². The number of nitrogens with zero attached hydrogens (tertiary/aromatic N) is 4. The topological polar surface area (TPSA) is 133 Å². The first kappa shape index (κ1) is 34.7. The van der Waals surface area contributed by atoms with Crippen molar-refractivity contribution < 1.29 is 32.7 Å². The quantitative estimate of drug-likeness (QED) is 0.164. The van der Waals surface area contributed by atoms with Crippen molar-refractivity contribution in [1.82, 2.24) is 25.0 Å². The number of fused-ring (bicyclic) bond motifs is 1. The van der Waals surface area contributed by atoms with Gasteiger partial charge in [-0.05, 0) is 55.2 Å². The number of methoxy groups -OCH3 is 1. The van der Waals surface area contributed by atoms with Gasteiger partial charge in [-0.25, -0.2) is 14.4 Å². The Kier molecular flexibility index (Phi) is 11.2. The molecule has 0 radical (unpaired) electrons. The van der Waals surface area contributed by atoms with Crippen LogP contribution in [0, 0.1) is 23.5 Å². The number of hydrogen-bond acceptors (Lipinski definition) is 8. The van der Waals surface area contributed by atoms with Crippen molar-refractivity contribution in [1.29, 1.82) is 0 Å². The van der Waals surface area contributed by atoms with Crippen molar-refractivity contribution in [3.05, 3.63) is 71.7 Å². The standard InChI is InChI=1S/C34H41F2N7O2.CH2O2/c1-4-24-16-25(6-7-26(24)34(44)40-19-22-10-14-43(5-2,15-11-22)21-23-17-37-18-23)41-32-33-39-20-28(42(33)13-12-38-32)27-8-9-29(45-3)31(36)30(27)35;2-1-3/h6-9,12-13,16,20,22-23,37H,4-5,10-11,14-15,17-19,21H2,1-3H3,(H-,38,40,41,44);1H,(H,2,3). The first-order valence-electron chi connectivity index (χ1n) is 16.4. The fourth-order valence-corrected chi connectivity index (χ4v) is 6.77. The van der Waals surface area contributed by atoms with Gasteiger partial charge in [-0.2, -0.15) is 4.39 Å². The van der Waals surface area contributed by atoms with E-state index in [0.717, 1.165) is 43.1 Å². The van der Waals surface area contributed by atoms with E-state index in [9.17, 15) is 13.6 Å². The predicted octanol–water partition coefficient (Wildman–Crippen LogP) is 3.55. The van der Waals surface area contributed by atoms with Gasteiger partial charge in [0.25, 0.3) is 5.91 Å². The summed E-state index contributed by atoms with van der Waals surface area (Å²) in [7, 11) is 1.29. The third kappa shape index (κ3) is 7.42. The van der Waals surface area contributed by atoms with E-state index in [1.54, 1.807) is 16.8 Å². The smallest absolute Gasteiger partial charge is 0.251 e. The molecule has 2 aromatic carbocycles. The van der Waals surface area contributed by atoms with Crippen molar-refractivity contribution >= 4 is 29.5 Å². The SMILES string of the molecule is CCc1cc(Nc2nccn3c(-c4ccc(OC)c(F)c4F)cnc23)ccc1C(=O)NCC1CC[N+](CC)(CC2CNC2)CC1.O=C[O-]. The number of nitrogens with one attached hydrogen (secondary N) is 3. The summed E-state index contributed by atoms with van der Waals surface area (Å²) in [6.07, 6.45) is 7.67. The molecule has 4 heterocycles. The number of ether oxygens (including phenoxy) is 1. The first-order valence-corrected chi connectivity index (χ1v) is 16.4. The third-order valence-electron chi connectivity index (χ3n) is 9.72. The van der Waals surface area contributed by atoms with Crippen LogP contribution in [0.1, 0.15) is 42.6 Å². The number of rotatable bonds is 11. The fraction of sp³-hybridized carbons (Fsp3) is 0.429. The summed E-state index contributed by atoms with van der Waals surface area (Å²) in [5, 5.41) is 18.2. The molecule has 48 heavy (non-hydrogen) atoms. The van der Waals surface area contributed by atoms with Crippen LogP contribution >= 0.6 is 0 Å². The van der Waals surface area contributed by atoms with Gasteiger partial charge in [0.1, 0.15) is 0 Å². The van der Waals surface area contributed by atoms with Crippen LogP contribution in [0.3, 0.4) is 0 Å². The Balaban J connectivity index is 0.00000145. The molecule has 0 spiro atoms. The van der Waals surface area contributed by atoms with Crippen LogP contribution in [-0.2, 0) is 11.2 Å². The molecule has 11 nitrogen and oxygen atoms in total. The first-order chi connectivity index (χ1) is 23.3. The van der Waals surface area contributed by atoms with Crippen molar-refractivity contribution in [3.63, 3.8) is 0 Å². The lowest BCUT2D eigenvalue weighted by Gasteiger charge is -2.46. The molecule has 0 atom stereocenters. The lowest BCUT2D eigenvalue weighted by atomic mass is 9.92. The molecule has 2 aliphatic rings. The highest BCUT2D eigenvalue weighted by Crippen LogP contribution is 2.32. The van der Waals surface area contributed by atoms with E-state index in [1.807, 2.05) is 25.1 Å². The van der Waals surface area contributed by atoms with Crippen LogP contribution in [0.15, 0.2) is 48.9 Å². The van der Waals surface area contributed by atoms with Gasteiger partial charge in [-0.3, -0.25) is 9.20 Å². The predicted molar refractivity (Wildman–Crippen MR) is 177 cm³/mol. The summed E-state index contributed by atoms with van der Waals surface area (Å²) >= 11 is 0. The lowest BCUT2D eigenvalue weighted by molar-refractivity contribution is -0.935. The molecule has 2 saturated heterocycles. The van der Waals surface area contributed by atoms with E-state index in [2.05, 4.69) is 32.8 Å². The molecule has 1 amide bonds. The molecule has 0 saturated carbocycles. The second kappa shape index (κ2) is 15.5. The van der Waals surface area contributed by atoms with E-state index in [-0.39, 0.29) is 17.2 Å². The summed E-state index contributed by atoms with van der Waals surface area (Å²) in [5.41, 5.74) is 3.22. The van der Waals surface area contributed by atoms with Gasteiger partial charge in [0.2, 0.25) is 5.82 Å². The normalized spacial score (nSPS) is 19.1. The molecule has 0 unspecified atom stereocenters. The maximum Gasteiger partial charge on any atom is 0.251 e. The number of aromatic nitrogens is 3. The van der Waals surface area contributed by atoms with Crippen LogP contribution in [0.2, 0.25) is 0 Å². The number of carbonyl (C=O) groups excluding carboxylic acids is 2. The van der Waals surface area contributed by atoms with Crippen LogP contribution in [0.5, 0.6) is 5.75 Å². The van der Waals surface area contributed by atoms with Crippen molar-refractivity contribution in [3.8, 4) is 17.0 Å². The molecule has 2 aromatic heterocycles. The highest BCUT2D eigenvalue weighted by atomic mass is 19.2. The largest absolute Gasteiger partial charge is 0.554 e. The minimum absolute atomic E-state index is 0.0485. The van der Waals surface area contributed by atoms with E-state index in [0.29, 0.717) is 41.6 Å². The van der Waals surface area contributed by atoms with Crippen molar-refractivity contribution in [2.24, 2.45) is 11.8 Å². The molecule has 0 bridgehead atoms. The molecule has 6 rings (SSSR count). The molecule has 4 aromatic rings. The molecule has 2 fully saturated rings. The van der Waals surface area contributed by atoms with Gasteiger partial charge >= 0.3 is 0 Å². The van der Waals surface area contributed by atoms with E-state index < -0.39 is 18.1 Å². The van der Waals surface area contributed by atoms with Gasteiger partial charge in [0.05, 0.1) is 45.2 Å². The van der Waals surface area contributed by atoms with Crippen LogP contribution < -0.4 is 25.8 Å². The number of benzene rings is 2. The van der Waals surface area contributed by atoms with E-state index in [4.69, 9.17) is 14.6 Å². The molecule has 0 aliphatic carbocycles. The van der Waals surface area contributed by atoms with Gasteiger partial charge in [-0.15, -0.1) is 0 Å². The Morgan fingerprint density at radius 2 is 1.88 bits per heavy atom. The highest BCUT2D eigenvalue weighted by Gasteiger charge is 2.36. The van der Waals surface area contributed by atoms with Gasteiger partial charge in [0.15, 0.2) is 23.0 Å². The Hall–Kier alpha value is -4.62. The zero-order valence-electron chi connectivity index (χ0n) is 27.6. The molecular weight excluding hydrogens is 620 g/mol. The Bertz CT molecular complexity index is 1740. The zero-order valence-corrected chi connectivity index (χ0v) is 27.6. The van der Waals surface area contributed by atoms with Crippen molar-refractivity contribution in [2.75, 3.05) is 58.2 Å².